The van der Waals surface area contributed by atoms with Gasteiger partial charge in [-0.2, -0.15) is 0 Å². The number of hydrogen-bond acceptors (Lipinski definition) is 3. The maximum Gasteiger partial charge on any atom is 0.409 e. The predicted molar refractivity (Wildman–Crippen MR) is 147 cm³/mol. The molecule has 198 valence electrons. The number of nitrogens with one attached hydrogen (secondary N) is 1. The Balaban J connectivity index is 1.41. The zero-order valence-electron chi connectivity index (χ0n) is 22.0. The lowest BCUT2D eigenvalue weighted by Gasteiger charge is -2.35. The molecule has 0 radical (unpaired) electrons. The molecule has 3 atom stereocenters. The summed E-state index contributed by atoms with van der Waals surface area (Å²) in [7, 11) is 0. The Kier molecular flexibility index (Phi) is 15.5. The van der Waals surface area contributed by atoms with E-state index >= 15 is 0 Å². The third kappa shape index (κ3) is 11.0. The minimum Gasteiger partial charge on any atom is -0.412 e. The summed E-state index contributed by atoms with van der Waals surface area (Å²) in [6.45, 7) is 7.12. The molecule has 1 amide bonds. The second-order valence-electron chi connectivity index (χ2n) is 10.6. The van der Waals surface area contributed by atoms with E-state index < -0.39 is 5.79 Å². The molecule has 0 aromatic carbocycles. The molecule has 2 fully saturated rings. The van der Waals surface area contributed by atoms with Crippen LogP contribution >= 0.6 is 15.9 Å². The Bertz CT molecular complexity index is 570. The molecule has 2 saturated heterocycles. The fourth-order valence-corrected chi connectivity index (χ4v) is 6.18. The maximum absolute atomic E-state index is 12.5. The highest BCUT2D eigenvalue weighted by molar-refractivity contribution is 9.09. The van der Waals surface area contributed by atoms with Crippen LogP contribution in [-0.2, 0) is 9.47 Å². The Labute approximate surface area is 218 Å². The van der Waals surface area contributed by atoms with Gasteiger partial charge in [-0.05, 0) is 24.8 Å². The quantitative estimate of drug-likeness (QED) is 0.107. The normalized spacial score (nSPS) is 24.6. The molecule has 0 aliphatic carbocycles. The molecule has 2 aliphatic heterocycles. The first-order valence-electron chi connectivity index (χ1n) is 14.6. The molecule has 2 bridgehead atoms. The first-order valence-corrected chi connectivity index (χ1v) is 15.5. The largest absolute Gasteiger partial charge is 0.412 e. The Morgan fingerprint density at radius 1 is 0.912 bits per heavy atom. The molecule has 5 heteroatoms. The van der Waals surface area contributed by atoms with Crippen molar-refractivity contribution in [2.45, 2.75) is 158 Å². The predicted octanol–water partition coefficient (Wildman–Crippen LogP) is 9.35. The van der Waals surface area contributed by atoms with Crippen molar-refractivity contribution in [2.75, 3.05) is 6.54 Å². The van der Waals surface area contributed by atoms with Gasteiger partial charge in [-0.15, -0.1) is 0 Å². The van der Waals surface area contributed by atoms with E-state index in [1.54, 1.807) is 0 Å². The molecule has 2 aliphatic rings. The first kappa shape index (κ1) is 29.7. The van der Waals surface area contributed by atoms with Crippen LogP contribution in [0.2, 0.25) is 0 Å². The van der Waals surface area contributed by atoms with Gasteiger partial charge in [-0.3, -0.25) is 0 Å². The van der Waals surface area contributed by atoms with Gasteiger partial charge in [0.2, 0.25) is 0 Å². The second kappa shape index (κ2) is 17.8. The fourth-order valence-electron chi connectivity index (χ4n) is 5.33. The number of ether oxygens (including phenoxy) is 2. The number of alkyl halides is 1. The standard InChI is InChI=1S/C29H52BrNO3/c1-3-4-5-6-7-8-9-10-11-12-13-14-15-16-17-20-23-31-28(32)34-29-25(2)24-26(33-29)21-18-19-22-27(29)30/h26-27H,2-24H2,1H3,(H,31,32). The number of unbranched alkanes of at least 4 members (excludes halogenated alkanes) is 15. The zero-order chi connectivity index (χ0) is 24.5. The average Bonchev–Trinajstić information content (AvgIpc) is 3.15. The van der Waals surface area contributed by atoms with Crippen LogP contribution in [0.3, 0.4) is 0 Å². The van der Waals surface area contributed by atoms with Crippen molar-refractivity contribution < 1.29 is 14.3 Å². The van der Waals surface area contributed by atoms with Crippen molar-refractivity contribution in [3.8, 4) is 0 Å². The number of carbonyl (C=O) groups excluding carboxylic acids is 1. The van der Waals surface area contributed by atoms with E-state index in [9.17, 15) is 4.79 Å². The van der Waals surface area contributed by atoms with Crippen LogP contribution in [0.5, 0.6) is 0 Å². The van der Waals surface area contributed by atoms with Crippen molar-refractivity contribution in [3.63, 3.8) is 0 Å². The molecular formula is C29H52BrNO3. The van der Waals surface area contributed by atoms with Crippen LogP contribution in [0.4, 0.5) is 4.79 Å². The third-order valence-corrected chi connectivity index (χ3v) is 8.56. The molecule has 4 nitrogen and oxygen atoms in total. The topological polar surface area (TPSA) is 47.6 Å². The van der Waals surface area contributed by atoms with Crippen LogP contribution in [-0.4, -0.2) is 29.4 Å². The summed E-state index contributed by atoms with van der Waals surface area (Å²) in [6, 6.07) is 0. The van der Waals surface area contributed by atoms with Crippen molar-refractivity contribution in [1.82, 2.24) is 5.32 Å². The molecule has 3 unspecified atom stereocenters. The fraction of sp³-hybridized carbons (Fsp3) is 0.897. The van der Waals surface area contributed by atoms with Gasteiger partial charge in [0, 0.05) is 13.0 Å². The number of halogens is 1. The van der Waals surface area contributed by atoms with Gasteiger partial charge in [0.25, 0.3) is 5.79 Å². The molecule has 34 heavy (non-hydrogen) atoms. The molecule has 2 rings (SSSR count). The number of carbonyl (C=O) groups is 1. The summed E-state index contributed by atoms with van der Waals surface area (Å²) in [5.41, 5.74) is 0.888. The Morgan fingerprint density at radius 3 is 1.97 bits per heavy atom. The third-order valence-electron chi connectivity index (χ3n) is 7.50. The minimum absolute atomic E-state index is 0.0286. The summed E-state index contributed by atoms with van der Waals surface area (Å²) in [5, 5.41) is 2.93. The van der Waals surface area contributed by atoms with Gasteiger partial charge in [-0.1, -0.05) is 139 Å². The highest BCUT2D eigenvalue weighted by Crippen LogP contribution is 2.45. The maximum atomic E-state index is 12.5. The Morgan fingerprint density at radius 2 is 1.41 bits per heavy atom. The van der Waals surface area contributed by atoms with Gasteiger partial charge >= 0.3 is 6.09 Å². The zero-order valence-corrected chi connectivity index (χ0v) is 23.6. The molecule has 0 spiro atoms. The van der Waals surface area contributed by atoms with Gasteiger partial charge < -0.3 is 14.8 Å². The van der Waals surface area contributed by atoms with E-state index in [1.807, 2.05) is 0 Å². The number of fused-ring (bicyclic) bond motifs is 2. The van der Waals surface area contributed by atoms with E-state index in [2.05, 4.69) is 34.7 Å². The van der Waals surface area contributed by atoms with E-state index in [4.69, 9.17) is 9.47 Å². The van der Waals surface area contributed by atoms with E-state index in [0.29, 0.717) is 6.54 Å². The summed E-state index contributed by atoms with van der Waals surface area (Å²) < 4.78 is 12.0. The summed E-state index contributed by atoms with van der Waals surface area (Å²) in [6.07, 6.45) is 26.4. The average molecular weight is 543 g/mol. The van der Waals surface area contributed by atoms with Crippen molar-refractivity contribution in [2.24, 2.45) is 0 Å². The van der Waals surface area contributed by atoms with E-state index in [-0.39, 0.29) is 17.0 Å². The van der Waals surface area contributed by atoms with Crippen molar-refractivity contribution in [3.05, 3.63) is 12.2 Å². The van der Waals surface area contributed by atoms with Gasteiger partial charge in [-0.25, -0.2) is 4.79 Å². The summed E-state index contributed by atoms with van der Waals surface area (Å²) in [5.74, 6) is -0.996. The lowest BCUT2D eigenvalue weighted by molar-refractivity contribution is -0.177. The van der Waals surface area contributed by atoms with Crippen LogP contribution < -0.4 is 5.32 Å². The summed E-state index contributed by atoms with van der Waals surface area (Å²) >= 11 is 3.72. The molecule has 1 N–H and O–H groups in total. The minimum atomic E-state index is -0.996. The van der Waals surface area contributed by atoms with Crippen molar-refractivity contribution >= 4 is 22.0 Å². The molecule has 0 aromatic heterocycles. The smallest absolute Gasteiger partial charge is 0.409 e. The van der Waals surface area contributed by atoms with Gasteiger partial charge in [0.05, 0.1) is 10.9 Å². The van der Waals surface area contributed by atoms with E-state index in [1.165, 1.54) is 89.9 Å². The monoisotopic (exact) mass is 541 g/mol. The summed E-state index contributed by atoms with van der Waals surface area (Å²) in [4.78, 5) is 12.4. The number of amides is 1. The number of rotatable bonds is 18. The SMILES string of the molecule is C=C1CC2CCCCC(Br)C1(OC(=O)NCCCCCCCCCCCCCCCCCC)O2. The van der Waals surface area contributed by atoms with Crippen LogP contribution in [0.25, 0.3) is 0 Å². The van der Waals surface area contributed by atoms with Crippen LogP contribution in [0.1, 0.15) is 142 Å². The van der Waals surface area contributed by atoms with Crippen LogP contribution in [0, 0.1) is 0 Å². The molecule has 2 heterocycles. The number of alkyl carbamates (subject to hydrolysis) is 1. The lowest BCUT2D eigenvalue weighted by atomic mass is 10.0. The van der Waals surface area contributed by atoms with Gasteiger partial charge in [0.15, 0.2) is 0 Å². The van der Waals surface area contributed by atoms with Crippen molar-refractivity contribution in [1.29, 1.82) is 0 Å². The Hall–Kier alpha value is -0.550. The molecule has 0 aromatic rings. The van der Waals surface area contributed by atoms with Crippen LogP contribution in [0.15, 0.2) is 12.2 Å². The van der Waals surface area contributed by atoms with Gasteiger partial charge in [0.1, 0.15) is 0 Å². The second-order valence-corrected chi connectivity index (χ2v) is 11.7. The molecule has 0 saturated carbocycles. The first-order chi connectivity index (χ1) is 16.6. The number of hydrogen-bond donors (Lipinski definition) is 1. The highest BCUT2D eigenvalue weighted by atomic mass is 79.9. The van der Waals surface area contributed by atoms with E-state index in [0.717, 1.165) is 50.5 Å². The molecular weight excluding hydrogens is 490 g/mol. The highest BCUT2D eigenvalue weighted by Gasteiger charge is 2.52. The lowest BCUT2D eigenvalue weighted by Crippen LogP contribution is -2.47.